The molecule has 2 aliphatic heterocycles. The van der Waals surface area contributed by atoms with Gasteiger partial charge < -0.3 is 14.2 Å². The summed E-state index contributed by atoms with van der Waals surface area (Å²) < 4.78 is 17.3. The van der Waals surface area contributed by atoms with Crippen LogP contribution in [-0.4, -0.2) is 49.5 Å². The van der Waals surface area contributed by atoms with E-state index >= 15 is 0 Å². The Morgan fingerprint density at radius 1 is 1.22 bits per heavy atom. The van der Waals surface area contributed by atoms with Crippen molar-refractivity contribution >= 4 is 5.97 Å². The van der Waals surface area contributed by atoms with Gasteiger partial charge in [-0.3, -0.25) is 4.90 Å². The van der Waals surface area contributed by atoms with E-state index in [0.29, 0.717) is 18.2 Å². The van der Waals surface area contributed by atoms with Gasteiger partial charge in [-0.05, 0) is 50.1 Å². The van der Waals surface area contributed by atoms with Crippen molar-refractivity contribution in [1.29, 1.82) is 0 Å². The van der Waals surface area contributed by atoms with Gasteiger partial charge in [-0.2, -0.15) is 0 Å². The highest BCUT2D eigenvalue weighted by atomic mass is 16.7. The first-order chi connectivity index (χ1) is 13.3. The van der Waals surface area contributed by atoms with Crippen molar-refractivity contribution in [3.05, 3.63) is 59.9 Å². The predicted molar refractivity (Wildman–Crippen MR) is 102 cm³/mol. The SMILES string of the molecule is COC1=CCC(C2C(OC(=O)c3ccccc3)OCC3CCCCN32)C=C1. The number of nitrogens with zero attached hydrogens (tertiary/aromatic N) is 1. The van der Waals surface area contributed by atoms with Crippen LogP contribution in [0.3, 0.4) is 0 Å². The summed E-state index contributed by atoms with van der Waals surface area (Å²) >= 11 is 0. The molecule has 0 amide bonds. The lowest BCUT2D eigenvalue weighted by molar-refractivity contribution is -0.213. The van der Waals surface area contributed by atoms with Gasteiger partial charge in [-0.1, -0.05) is 30.7 Å². The number of morpholine rings is 1. The molecular weight excluding hydrogens is 342 g/mol. The first-order valence-electron chi connectivity index (χ1n) is 9.82. The molecule has 4 atom stereocenters. The van der Waals surface area contributed by atoms with Crippen molar-refractivity contribution in [3.63, 3.8) is 0 Å². The zero-order valence-corrected chi connectivity index (χ0v) is 15.8. The molecule has 5 nitrogen and oxygen atoms in total. The second-order valence-corrected chi connectivity index (χ2v) is 7.42. The first-order valence-corrected chi connectivity index (χ1v) is 9.82. The minimum Gasteiger partial charge on any atom is -0.497 e. The van der Waals surface area contributed by atoms with Crippen molar-refractivity contribution in [2.45, 2.75) is 44.1 Å². The third kappa shape index (κ3) is 3.94. The summed E-state index contributed by atoms with van der Waals surface area (Å²) in [7, 11) is 1.69. The highest BCUT2D eigenvalue weighted by Gasteiger charge is 2.44. The summed E-state index contributed by atoms with van der Waals surface area (Å²) in [4.78, 5) is 15.1. The van der Waals surface area contributed by atoms with Gasteiger partial charge in [-0.25, -0.2) is 4.79 Å². The molecule has 0 saturated carbocycles. The molecule has 2 heterocycles. The average Bonchev–Trinajstić information content (AvgIpc) is 2.74. The van der Waals surface area contributed by atoms with Crippen LogP contribution in [-0.2, 0) is 14.2 Å². The van der Waals surface area contributed by atoms with Crippen LogP contribution in [0.15, 0.2) is 54.3 Å². The molecule has 3 aliphatic rings. The van der Waals surface area contributed by atoms with E-state index in [2.05, 4.69) is 17.1 Å². The smallest absolute Gasteiger partial charge is 0.340 e. The number of allylic oxidation sites excluding steroid dienone is 2. The fourth-order valence-electron chi connectivity index (χ4n) is 4.38. The maximum Gasteiger partial charge on any atom is 0.340 e. The molecule has 0 bridgehead atoms. The number of ether oxygens (including phenoxy) is 3. The van der Waals surface area contributed by atoms with Crippen molar-refractivity contribution in [2.75, 3.05) is 20.3 Å². The fourth-order valence-corrected chi connectivity index (χ4v) is 4.38. The van der Waals surface area contributed by atoms with Gasteiger partial charge in [0.2, 0.25) is 6.29 Å². The summed E-state index contributed by atoms with van der Waals surface area (Å²) in [6.07, 6.45) is 10.2. The molecule has 0 aromatic heterocycles. The Bertz CT molecular complexity index is 714. The number of carbonyl (C=O) groups is 1. The molecule has 0 spiro atoms. The third-order valence-corrected chi connectivity index (χ3v) is 5.79. The fraction of sp³-hybridized carbons (Fsp3) is 0.500. The summed E-state index contributed by atoms with van der Waals surface area (Å²) in [5.74, 6) is 0.795. The summed E-state index contributed by atoms with van der Waals surface area (Å²) in [6, 6.07) is 9.58. The van der Waals surface area contributed by atoms with Gasteiger partial charge >= 0.3 is 5.97 Å². The summed E-state index contributed by atoms with van der Waals surface area (Å²) in [5, 5.41) is 0. The molecular formula is C22H27NO4. The lowest BCUT2D eigenvalue weighted by atomic mass is 9.86. The molecule has 5 heteroatoms. The Morgan fingerprint density at radius 2 is 2.07 bits per heavy atom. The summed E-state index contributed by atoms with van der Waals surface area (Å²) in [6.45, 7) is 1.65. The Labute approximate surface area is 160 Å². The number of benzene rings is 1. The molecule has 1 aromatic rings. The largest absolute Gasteiger partial charge is 0.497 e. The molecule has 0 radical (unpaired) electrons. The normalized spacial score (nSPS) is 30.9. The van der Waals surface area contributed by atoms with Gasteiger partial charge in [0.1, 0.15) is 5.76 Å². The minimum atomic E-state index is -0.556. The van der Waals surface area contributed by atoms with Crippen LogP contribution in [0.4, 0.5) is 0 Å². The number of piperidine rings is 1. The van der Waals surface area contributed by atoms with E-state index < -0.39 is 6.29 Å². The topological polar surface area (TPSA) is 48.0 Å². The molecule has 2 fully saturated rings. The van der Waals surface area contributed by atoms with Gasteiger partial charge in [-0.15, -0.1) is 0 Å². The number of hydrogen-bond acceptors (Lipinski definition) is 5. The van der Waals surface area contributed by atoms with Gasteiger partial charge in [0.05, 0.1) is 25.3 Å². The van der Waals surface area contributed by atoms with Gasteiger partial charge in [0, 0.05) is 12.0 Å². The average molecular weight is 369 g/mol. The molecule has 144 valence electrons. The molecule has 4 unspecified atom stereocenters. The van der Waals surface area contributed by atoms with E-state index in [1.54, 1.807) is 19.2 Å². The van der Waals surface area contributed by atoms with E-state index in [-0.39, 0.29) is 17.9 Å². The van der Waals surface area contributed by atoms with Gasteiger partial charge in [0.15, 0.2) is 0 Å². The van der Waals surface area contributed by atoms with Crippen LogP contribution in [0.5, 0.6) is 0 Å². The molecule has 1 aromatic carbocycles. The van der Waals surface area contributed by atoms with Crippen LogP contribution < -0.4 is 0 Å². The highest BCUT2D eigenvalue weighted by molar-refractivity contribution is 5.89. The lowest BCUT2D eigenvalue weighted by Crippen LogP contribution is -2.61. The summed E-state index contributed by atoms with van der Waals surface area (Å²) in [5.41, 5.74) is 0.557. The number of rotatable bonds is 4. The predicted octanol–water partition coefficient (Wildman–Crippen LogP) is 3.53. The molecule has 0 N–H and O–H groups in total. The number of fused-ring (bicyclic) bond motifs is 1. The number of esters is 1. The van der Waals surface area contributed by atoms with Crippen LogP contribution in [0.1, 0.15) is 36.0 Å². The molecule has 27 heavy (non-hydrogen) atoms. The van der Waals surface area contributed by atoms with Crippen molar-refractivity contribution in [2.24, 2.45) is 5.92 Å². The Hall–Kier alpha value is -2.11. The van der Waals surface area contributed by atoms with Crippen LogP contribution >= 0.6 is 0 Å². The number of hydrogen-bond donors (Lipinski definition) is 0. The maximum absolute atomic E-state index is 12.6. The van der Waals surface area contributed by atoms with Crippen molar-refractivity contribution in [3.8, 4) is 0 Å². The van der Waals surface area contributed by atoms with E-state index in [1.807, 2.05) is 24.3 Å². The van der Waals surface area contributed by atoms with E-state index in [9.17, 15) is 4.79 Å². The first kappa shape index (κ1) is 18.3. The van der Waals surface area contributed by atoms with Crippen molar-refractivity contribution in [1.82, 2.24) is 4.90 Å². The molecule has 1 aliphatic carbocycles. The quantitative estimate of drug-likeness (QED) is 0.760. The van der Waals surface area contributed by atoms with Crippen LogP contribution in [0.2, 0.25) is 0 Å². The van der Waals surface area contributed by atoms with Crippen LogP contribution in [0, 0.1) is 5.92 Å². The number of carbonyl (C=O) groups excluding carboxylic acids is 1. The zero-order chi connectivity index (χ0) is 18.6. The minimum absolute atomic E-state index is 0.0302. The molecule has 4 rings (SSSR count). The Morgan fingerprint density at radius 3 is 2.81 bits per heavy atom. The maximum atomic E-state index is 12.6. The highest BCUT2D eigenvalue weighted by Crippen LogP contribution is 2.35. The lowest BCUT2D eigenvalue weighted by Gasteiger charge is -2.50. The number of methoxy groups -OCH3 is 1. The molecule has 2 saturated heterocycles. The zero-order valence-electron chi connectivity index (χ0n) is 15.8. The van der Waals surface area contributed by atoms with E-state index in [0.717, 1.165) is 25.1 Å². The standard InChI is InChI=1S/C22H27NO4/c1-25-19-12-10-16(11-13-19)20-22(26-15-18-9-5-6-14-23(18)20)27-21(24)17-7-3-2-4-8-17/h2-4,7-8,10,12-13,16,18,20,22H,5-6,9,11,14-15H2,1H3. The second kappa shape index (κ2) is 8.28. The Balaban J connectivity index is 1.54. The van der Waals surface area contributed by atoms with Crippen LogP contribution in [0.25, 0.3) is 0 Å². The van der Waals surface area contributed by atoms with Gasteiger partial charge in [0.25, 0.3) is 0 Å². The van der Waals surface area contributed by atoms with Crippen molar-refractivity contribution < 1.29 is 19.0 Å². The Kier molecular flexibility index (Phi) is 5.60. The van der Waals surface area contributed by atoms with E-state index in [4.69, 9.17) is 14.2 Å². The monoisotopic (exact) mass is 369 g/mol. The second-order valence-electron chi connectivity index (χ2n) is 7.42. The third-order valence-electron chi connectivity index (χ3n) is 5.79. The van der Waals surface area contributed by atoms with E-state index in [1.165, 1.54) is 12.8 Å².